The van der Waals surface area contributed by atoms with Crippen LogP contribution in [0.4, 0.5) is 0 Å². The summed E-state index contributed by atoms with van der Waals surface area (Å²) in [5.74, 6) is 0. The van der Waals surface area contributed by atoms with E-state index in [2.05, 4.69) is 29.0 Å². The maximum Gasteiger partial charge on any atom is 0.0642 e. The molecular weight excluding hydrogens is 162 g/mol. The number of rotatable bonds is 2. The fourth-order valence-electron chi connectivity index (χ4n) is 1.45. The predicted octanol–water partition coefficient (Wildman–Crippen LogP) is 1.58. The van der Waals surface area contributed by atoms with Crippen molar-refractivity contribution < 1.29 is 0 Å². The Labute approximate surface area is 77.6 Å². The van der Waals surface area contributed by atoms with Gasteiger partial charge < -0.3 is 4.57 Å². The highest BCUT2D eigenvalue weighted by atomic mass is 15.3. The van der Waals surface area contributed by atoms with Gasteiger partial charge in [0.25, 0.3) is 0 Å². The Kier molecular flexibility index (Phi) is 1.93. The minimum absolute atomic E-state index is 0.898. The van der Waals surface area contributed by atoms with Crippen LogP contribution >= 0.6 is 0 Å². The summed E-state index contributed by atoms with van der Waals surface area (Å²) in [6.07, 6.45) is 6.03. The number of hydrogen-bond donors (Lipinski definition) is 0. The van der Waals surface area contributed by atoms with Crippen LogP contribution in [0.2, 0.25) is 0 Å². The molecule has 0 unspecified atom stereocenters. The average molecular weight is 175 g/mol. The molecule has 68 valence electrons. The third kappa shape index (κ3) is 1.49. The van der Waals surface area contributed by atoms with Gasteiger partial charge in [0, 0.05) is 19.4 Å². The topological polar surface area (TPSA) is 22.8 Å². The largest absolute Gasteiger partial charge is 0.348 e. The third-order valence-corrected chi connectivity index (χ3v) is 2.27. The molecule has 0 atom stereocenters. The lowest BCUT2D eigenvalue weighted by Gasteiger charge is -2.04. The summed E-state index contributed by atoms with van der Waals surface area (Å²) >= 11 is 0. The molecule has 0 aliphatic rings. The van der Waals surface area contributed by atoms with Gasteiger partial charge in [-0.3, -0.25) is 4.68 Å². The summed E-state index contributed by atoms with van der Waals surface area (Å²) in [5, 5.41) is 4.20. The second-order valence-electron chi connectivity index (χ2n) is 3.25. The first-order chi connectivity index (χ1) is 6.27. The molecule has 0 bridgehead atoms. The first kappa shape index (κ1) is 8.10. The highest BCUT2D eigenvalue weighted by molar-refractivity contribution is 5.16. The molecule has 0 aliphatic heterocycles. The zero-order valence-electron chi connectivity index (χ0n) is 7.94. The summed E-state index contributed by atoms with van der Waals surface area (Å²) in [7, 11) is 1.98. The van der Waals surface area contributed by atoms with Crippen molar-refractivity contribution in [1.29, 1.82) is 0 Å². The van der Waals surface area contributed by atoms with Gasteiger partial charge in [0.05, 0.1) is 18.4 Å². The summed E-state index contributed by atoms with van der Waals surface area (Å²) in [4.78, 5) is 0. The molecule has 0 aliphatic carbocycles. The van der Waals surface area contributed by atoms with Gasteiger partial charge in [0.1, 0.15) is 0 Å². The van der Waals surface area contributed by atoms with Crippen LogP contribution in [0.15, 0.2) is 30.7 Å². The molecule has 3 nitrogen and oxygen atoms in total. The van der Waals surface area contributed by atoms with Crippen LogP contribution in [0.5, 0.6) is 0 Å². The smallest absolute Gasteiger partial charge is 0.0642 e. The molecule has 0 saturated carbocycles. The molecule has 0 spiro atoms. The minimum Gasteiger partial charge on any atom is -0.348 e. The lowest BCUT2D eigenvalue weighted by molar-refractivity contribution is 0.666. The summed E-state index contributed by atoms with van der Waals surface area (Å²) < 4.78 is 4.07. The molecule has 13 heavy (non-hydrogen) atoms. The van der Waals surface area contributed by atoms with Crippen LogP contribution in [0.1, 0.15) is 11.3 Å². The molecule has 0 radical (unpaired) electrons. The van der Waals surface area contributed by atoms with Crippen molar-refractivity contribution in [3.05, 3.63) is 42.0 Å². The molecule has 0 N–H and O–H groups in total. The Balaban J connectivity index is 2.27. The predicted molar refractivity (Wildman–Crippen MR) is 51.5 cm³/mol. The van der Waals surface area contributed by atoms with Crippen LogP contribution < -0.4 is 0 Å². The molecule has 0 saturated heterocycles. The quantitative estimate of drug-likeness (QED) is 0.679. The average Bonchev–Trinajstić information content (AvgIpc) is 2.70. The number of nitrogens with zero attached hydrogens (tertiary/aromatic N) is 3. The van der Waals surface area contributed by atoms with Gasteiger partial charge in [0.15, 0.2) is 0 Å². The Morgan fingerprint density at radius 1 is 1.31 bits per heavy atom. The van der Waals surface area contributed by atoms with Gasteiger partial charge in [-0.25, -0.2) is 0 Å². The van der Waals surface area contributed by atoms with Gasteiger partial charge in [-0.2, -0.15) is 5.10 Å². The number of hydrogen-bond acceptors (Lipinski definition) is 1. The molecule has 2 heterocycles. The van der Waals surface area contributed by atoms with Crippen molar-refractivity contribution in [3.8, 4) is 0 Å². The maximum atomic E-state index is 4.20. The van der Waals surface area contributed by atoms with E-state index >= 15 is 0 Å². The van der Waals surface area contributed by atoms with E-state index in [1.807, 2.05) is 30.1 Å². The van der Waals surface area contributed by atoms with Crippen LogP contribution in [0.3, 0.4) is 0 Å². The molecule has 2 aromatic rings. The van der Waals surface area contributed by atoms with E-state index in [-0.39, 0.29) is 0 Å². The van der Waals surface area contributed by atoms with Crippen LogP contribution in [-0.2, 0) is 13.6 Å². The summed E-state index contributed by atoms with van der Waals surface area (Å²) in [6.45, 7) is 2.99. The van der Waals surface area contributed by atoms with E-state index in [4.69, 9.17) is 0 Å². The monoisotopic (exact) mass is 175 g/mol. The lowest BCUT2D eigenvalue weighted by atomic mass is 10.3. The second-order valence-corrected chi connectivity index (χ2v) is 3.25. The molecule has 0 aromatic carbocycles. The fourth-order valence-corrected chi connectivity index (χ4v) is 1.45. The van der Waals surface area contributed by atoms with Gasteiger partial charge in [-0.1, -0.05) is 0 Å². The van der Waals surface area contributed by atoms with Crippen LogP contribution in [0.25, 0.3) is 0 Å². The zero-order valence-corrected chi connectivity index (χ0v) is 7.94. The standard InChI is InChI=1S/C10H13N3/c1-9-7-11-12(2)10(9)8-13-5-3-4-6-13/h3-7H,8H2,1-2H3. The van der Waals surface area contributed by atoms with Crippen molar-refractivity contribution in [1.82, 2.24) is 14.3 Å². The van der Waals surface area contributed by atoms with Gasteiger partial charge >= 0.3 is 0 Å². The normalized spacial score (nSPS) is 10.6. The van der Waals surface area contributed by atoms with Crippen LogP contribution in [0, 0.1) is 6.92 Å². The zero-order chi connectivity index (χ0) is 9.26. The van der Waals surface area contributed by atoms with Crippen molar-refractivity contribution in [3.63, 3.8) is 0 Å². The summed E-state index contributed by atoms with van der Waals surface area (Å²) in [6, 6.07) is 4.07. The number of aromatic nitrogens is 3. The molecule has 0 fully saturated rings. The molecular formula is C10H13N3. The Morgan fingerprint density at radius 3 is 2.54 bits per heavy atom. The second kappa shape index (κ2) is 3.09. The molecule has 0 amide bonds. The van der Waals surface area contributed by atoms with E-state index in [1.165, 1.54) is 11.3 Å². The van der Waals surface area contributed by atoms with E-state index < -0.39 is 0 Å². The van der Waals surface area contributed by atoms with E-state index in [9.17, 15) is 0 Å². The van der Waals surface area contributed by atoms with Crippen LogP contribution in [-0.4, -0.2) is 14.3 Å². The van der Waals surface area contributed by atoms with E-state index in [0.717, 1.165) is 6.54 Å². The van der Waals surface area contributed by atoms with E-state index in [1.54, 1.807) is 0 Å². The first-order valence-electron chi connectivity index (χ1n) is 4.35. The van der Waals surface area contributed by atoms with Gasteiger partial charge in [-0.05, 0) is 24.6 Å². The fraction of sp³-hybridized carbons (Fsp3) is 0.300. The lowest BCUT2D eigenvalue weighted by Crippen LogP contribution is -2.04. The Hall–Kier alpha value is -1.51. The van der Waals surface area contributed by atoms with Gasteiger partial charge in [0.2, 0.25) is 0 Å². The Morgan fingerprint density at radius 2 is 2.00 bits per heavy atom. The minimum atomic E-state index is 0.898. The van der Waals surface area contributed by atoms with Crippen molar-refractivity contribution in [2.45, 2.75) is 13.5 Å². The molecule has 2 aromatic heterocycles. The Bertz CT molecular complexity index is 365. The summed E-state index contributed by atoms with van der Waals surface area (Å²) in [5.41, 5.74) is 2.51. The van der Waals surface area contributed by atoms with Crippen molar-refractivity contribution in [2.24, 2.45) is 7.05 Å². The number of aryl methyl sites for hydroxylation is 2. The van der Waals surface area contributed by atoms with Crippen molar-refractivity contribution >= 4 is 0 Å². The van der Waals surface area contributed by atoms with Crippen molar-refractivity contribution in [2.75, 3.05) is 0 Å². The highest BCUT2D eigenvalue weighted by Crippen LogP contribution is 2.07. The third-order valence-electron chi connectivity index (χ3n) is 2.27. The first-order valence-corrected chi connectivity index (χ1v) is 4.35. The van der Waals surface area contributed by atoms with Gasteiger partial charge in [-0.15, -0.1) is 0 Å². The maximum absolute atomic E-state index is 4.20. The SMILES string of the molecule is Cc1cnn(C)c1Cn1cccc1. The highest BCUT2D eigenvalue weighted by Gasteiger charge is 2.03. The molecule has 2 rings (SSSR count). The van der Waals surface area contributed by atoms with E-state index in [0.29, 0.717) is 0 Å². The molecule has 3 heteroatoms.